The molecule has 0 amide bonds. The van der Waals surface area contributed by atoms with E-state index in [9.17, 15) is 0 Å². The van der Waals surface area contributed by atoms with Crippen LogP contribution in [0.3, 0.4) is 0 Å². The van der Waals surface area contributed by atoms with E-state index in [4.69, 9.17) is 9.47 Å². The van der Waals surface area contributed by atoms with Crippen molar-refractivity contribution in [3.63, 3.8) is 0 Å². The van der Waals surface area contributed by atoms with Crippen molar-refractivity contribution in [2.75, 3.05) is 13.7 Å². The van der Waals surface area contributed by atoms with Crippen LogP contribution in [0.15, 0.2) is 61.3 Å². The molecule has 0 radical (unpaired) electrons. The van der Waals surface area contributed by atoms with Crippen LogP contribution in [0, 0.1) is 6.92 Å². The maximum Gasteiger partial charge on any atom is 0.161 e. The normalized spacial score (nSPS) is 10.6. The molecule has 0 saturated carbocycles. The Morgan fingerprint density at radius 1 is 1.07 bits per heavy atom. The third-order valence-electron chi connectivity index (χ3n) is 4.49. The van der Waals surface area contributed by atoms with Gasteiger partial charge in [0.15, 0.2) is 11.5 Å². The standard InChI is InChI=1S/C23H27N3O2/c1-4-6-19-12-13-22(23(15-19)27-3)28-14-5-7-21-17-26(25-24-21)16-20-10-8-18(2)9-11-20/h4,8-13,15,17H,1,5-7,14,16H2,2-3H3. The van der Waals surface area contributed by atoms with Gasteiger partial charge in [-0.1, -0.05) is 47.2 Å². The summed E-state index contributed by atoms with van der Waals surface area (Å²) >= 11 is 0. The SMILES string of the molecule is C=CCc1ccc(OCCCc2cn(Cc3ccc(C)cc3)nn2)c(OC)c1. The van der Waals surface area contributed by atoms with Gasteiger partial charge in [-0.2, -0.15) is 0 Å². The molecule has 146 valence electrons. The summed E-state index contributed by atoms with van der Waals surface area (Å²) in [5.41, 5.74) is 4.61. The van der Waals surface area contributed by atoms with Crippen molar-refractivity contribution in [2.24, 2.45) is 0 Å². The zero-order valence-corrected chi connectivity index (χ0v) is 16.6. The molecule has 5 heteroatoms. The van der Waals surface area contributed by atoms with Gasteiger partial charge in [0.1, 0.15) is 0 Å². The minimum absolute atomic E-state index is 0.599. The fourth-order valence-electron chi connectivity index (χ4n) is 2.97. The highest BCUT2D eigenvalue weighted by atomic mass is 16.5. The van der Waals surface area contributed by atoms with Gasteiger partial charge in [0, 0.05) is 6.20 Å². The molecular weight excluding hydrogens is 350 g/mol. The van der Waals surface area contributed by atoms with Gasteiger partial charge in [0.05, 0.1) is 26.0 Å². The number of hydrogen-bond donors (Lipinski definition) is 0. The predicted molar refractivity (Wildman–Crippen MR) is 111 cm³/mol. The molecule has 2 aromatic carbocycles. The van der Waals surface area contributed by atoms with Crippen LogP contribution in [0.1, 0.15) is 28.8 Å². The molecule has 0 bridgehead atoms. The van der Waals surface area contributed by atoms with Gasteiger partial charge in [-0.05, 0) is 49.4 Å². The van der Waals surface area contributed by atoms with E-state index >= 15 is 0 Å². The van der Waals surface area contributed by atoms with E-state index in [-0.39, 0.29) is 0 Å². The Balaban J connectivity index is 1.47. The first kappa shape index (κ1) is 19.7. The summed E-state index contributed by atoms with van der Waals surface area (Å²) in [6, 6.07) is 14.5. The van der Waals surface area contributed by atoms with Crippen molar-refractivity contribution in [1.29, 1.82) is 0 Å². The van der Waals surface area contributed by atoms with Crippen molar-refractivity contribution < 1.29 is 9.47 Å². The predicted octanol–water partition coefficient (Wildman–Crippen LogP) is 4.38. The minimum atomic E-state index is 0.599. The van der Waals surface area contributed by atoms with Crippen LogP contribution in [-0.4, -0.2) is 28.7 Å². The Kier molecular flexibility index (Phi) is 6.84. The Hall–Kier alpha value is -3.08. The highest BCUT2D eigenvalue weighted by Crippen LogP contribution is 2.28. The van der Waals surface area contributed by atoms with Gasteiger partial charge in [-0.25, -0.2) is 4.68 Å². The molecule has 1 heterocycles. The van der Waals surface area contributed by atoms with Crippen molar-refractivity contribution in [3.05, 3.63) is 83.7 Å². The summed E-state index contributed by atoms with van der Waals surface area (Å²) in [4.78, 5) is 0. The highest BCUT2D eigenvalue weighted by molar-refractivity contribution is 5.43. The van der Waals surface area contributed by atoms with Crippen LogP contribution in [-0.2, 0) is 19.4 Å². The lowest BCUT2D eigenvalue weighted by Gasteiger charge is -2.11. The second-order valence-corrected chi connectivity index (χ2v) is 6.82. The Labute approximate surface area is 166 Å². The second kappa shape index (κ2) is 9.74. The number of benzene rings is 2. The third kappa shape index (κ3) is 5.46. The summed E-state index contributed by atoms with van der Waals surface area (Å²) in [5, 5.41) is 8.49. The minimum Gasteiger partial charge on any atom is -0.493 e. The molecule has 0 N–H and O–H groups in total. The summed E-state index contributed by atoms with van der Waals surface area (Å²) in [6.07, 6.45) is 6.38. The maximum absolute atomic E-state index is 5.89. The van der Waals surface area contributed by atoms with Crippen molar-refractivity contribution in [1.82, 2.24) is 15.0 Å². The number of rotatable bonds is 10. The first-order chi connectivity index (χ1) is 13.7. The molecule has 0 aliphatic rings. The lowest BCUT2D eigenvalue weighted by Crippen LogP contribution is -2.02. The summed E-state index contributed by atoms with van der Waals surface area (Å²) in [5.74, 6) is 1.52. The molecule has 0 aliphatic heterocycles. The topological polar surface area (TPSA) is 49.2 Å². The molecule has 1 aromatic heterocycles. The molecule has 28 heavy (non-hydrogen) atoms. The van der Waals surface area contributed by atoms with Crippen LogP contribution >= 0.6 is 0 Å². The van der Waals surface area contributed by atoms with Gasteiger partial charge in [0.25, 0.3) is 0 Å². The molecule has 3 rings (SSSR count). The average molecular weight is 377 g/mol. The van der Waals surface area contributed by atoms with E-state index in [0.717, 1.165) is 48.6 Å². The molecule has 0 atom stereocenters. The van der Waals surface area contributed by atoms with Crippen LogP contribution in [0.25, 0.3) is 0 Å². The quantitative estimate of drug-likeness (QED) is 0.388. The first-order valence-electron chi connectivity index (χ1n) is 9.53. The Morgan fingerprint density at radius 3 is 2.61 bits per heavy atom. The number of methoxy groups -OCH3 is 1. The molecule has 0 aliphatic carbocycles. The van der Waals surface area contributed by atoms with Crippen LogP contribution < -0.4 is 9.47 Å². The number of ether oxygens (including phenoxy) is 2. The van der Waals surface area contributed by atoms with Crippen molar-refractivity contribution in [3.8, 4) is 11.5 Å². The molecule has 0 unspecified atom stereocenters. The van der Waals surface area contributed by atoms with E-state index in [2.05, 4.69) is 48.1 Å². The Bertz CT molecular complexity index is 900. The zero-order valence-electron chi connectivity index (χ0n) is 16.6. The van der Waals surface area contributed by atoms with Gasteiger partial charge < -0.3 is 9.47 Å². The number of nitrogens with zero attached hydrogens (tertiary/aromatic N) is 3. The number of aryl methyl sites for hydroxylation is 2. The van der Waals surface area contributed by atoms with Crippen LogP contribution in [0.2, 0.25) is 0 Å². The largest absolute Gasteiger partial charge is 0.493 e. The number of aromatic nitrogens is 3. The lowest BCUT2D eigenvalue weighted by molar-refractivity contribution is 0.289. The summed E-state index contributed by atoms with van der Waals surface area (Å²) in [6.45, 7) is 7.19. The Morgan fingerprint density at radius 2 is 1.86 bits per heavy atom. The van der Waals surface area contributed by atoms with Crippen LogP contribution in [0.4, 0.5) is 0 Å². The summed E-state index contributed by atoms with van der Waals surface area (Å²) < 4.78 is 13.2. The average Bonchev–Trinajstić information content (AvgIpc) is 3.15. The smallest absolute Gasteiger partial charge is 0.161 e. The second-order valence-electron chi connectivity index (χ2n) is 6.82. The van der Waals surface area contributed by atoms with Crippen molar-refractivity contribution in [2.45, 2.75) is 32.7 Å². The molecule has 0 fully saturated rings. The van der Waals surface area contributed by atoms with Gasteiger partial charge in [0.2, 0.25) is 0 Å². The molecular formula is C23H27N3O2. The number of allylic oxidation sites excluding steroid dienone is 1. The lowest BCUT2D eigenvalue weighted by atomic mass is 10.1. The molecule has 3 aromatic rings. The van der Waals surface area contributed by atoms with E-state index < -0.39 is 0 Å². The third-order valence-corrected chi connectivity index (χ3v) is 4.49. The van der Waals surface area contributed by atoms with Gasteiger partial charge >= 0.3 is 0 Å². The number of hydrogen-bond acceptors (Lipinski definition) is 4. The zero-order chi connectivity index (χ0) is 19.8. The van der Waals surface area contributed by atoms with Gasteiger partial charge in [-0.3, -0.25) is 0 Å². The van der Waals surface area contributed by atoms with Crippen molar-refractivity contribution >= 4 is 0 Å². The molecule has 0 spiro atoms. The van der Waals surface area contributed by atoms with Gasteiger partial charge in [-0.15, -0.1) is 11.7 Å². The van der Waals surface area contributed by atoms with E-state index in [1.807, 2.05) is 35.2 Å². The first-order valence-corrected chi connectivity index (χ1v) is 9.53. The monoisotopic (exact) mass is 377 g/mol. The highest BCUT2D eigenvalue weighted by Gasteiger charge is 2.06. The van der Waals surface area contributed by atoms with E-state index in [1.165, 1.54) is 11.1 Å². The molecule has 5 nitrogen and oxygen atoms in total. The van der Waals surface area contributed by atoms with E-state index in [1.54, 1.807) is 7.11 Å². The maximum atomic E-state index is 5.89. The van der Waals surface area contributed by atoms with E-state index in [0.29, 0.717) is 6.61 Å². The fourth-order valence-corrected chi connectivity index (χ4v) is 2.97. The van der Waals surface area contributed by atoms with Crippen LogP contribution in [0.5, 0.6) is 11.5 Å². The fraction of sp³-hybridized carbons (Fsp3) is 0.304. The summed E-state index contributed by atoms with van der Waals surface area (Å²) in [7, 11) is 1.66. The molecule has 0 saturated heterocycles.